The molecule has 2 rings (SSSR count). The minimum absolute atomic E-state index is 0.499. The fraction of sp³-hybridized carbons (Fsp3) is 0.471. The summed E-state index contributed by atoms with van der Waals surface area (Å²) in [5.74, 6) is 0. The van der Waals surface area contributed by atoms with Crippen LogP contribution in [0.3, 0.4) is 0 Å². The third-order valence-electron chi connectivity index (χ3n) is 3.65. The van der Waals surface area contributed by atoms with Crippen LogP contribution in [0.1, 0.15) is 43.2 Å². The van der Waals surface area contributed by atoms with Gasteiger partial charge in [0.15, 0.2) is 0 Å². The largest absolute Gasteiger partial charge is 0.310 e. The number of nitrogens with zero attached hydrogens (tertiary/aromatic N) is 2. The number of rotatable bonds is 6. The van der Waals surface area contributed by atoms with E-state index >= 15 is 0 Å². The predicted molar refractivity (Wildman–Crippen MR) is 83.9 cm³/mol. The average Bonchev–Trinajstić information content (AvgIpc) is 2.81. The SMILES string of the molecule is CCc1c(CNC(C)C)cnn1Cc1ccccc1C. The maximum Gasteiger partial charge on any atom is 0.0665 e. The second-order valence-corrected chi connectivity index (χ2v) is 5.59. The molecule has 0 spiro atoms. The first kappa shape index (κ1) is 14.8. The zero-order chi connectivity index (χ0) is 14.5. The lowest BCUT2D eigenvalue weighted by Gasteiger charge is -2.11. The zero-order valence-corrected chi connectivity index (χ0v) is 13.0. The summed E-state index contributed by atoms with van der Waals surface area (Å²) in [5, 5.41) is 8.05. The molecule has 108 valence electrons. The van der Waals surface area contributed by atoms with E-state index in [1.54, 1.807) is 0 Å². The first-order valence-electron chi connectivity index (χ1n) is 7.43. The van der Waals surface area contributed by atoms with Crippen molar-refractivity contribution >= 4 is 0 Å². The van der Waals surface area contributed by atoms with Gasteiger partial charge in [-0.3, -0.25) is 4.68 Å². The highest BCUT2D eigenvalue weighted by Gasteiger charge is 2.10. The van der Waals surface area contributed by atoms with E-state index in [0.29, 0.717) is 6.04 Å². The molecule has 1 heterocycles. The number of hydrogen-bond donors (Lipinski definition) is 1. The van der Waals surface area contributed by atoms with Crippen molar-refractivity contribution in [1.29, 1.82) is 0 Å². The second-order valence-electron chi connectivity index (χ2n) is 5.59. The van der Waals surface area contributed by atoms with E-state index in [4.69, 9.17) is 0 Å². The molecule has 0 radical (unpaired) electrons. The molecule has 2 aromatic rings. The van der Waals surface area contributed by atoms with Crippen LogP contribution in [-0.4, -0.2) is 15.8 Å². The van der Waals surface area contributed by atoms with Crippen molar-refractivity contribution in [2.24, 2.45) is 0 Å². The van der Waals surface area contributed by atoms with Gasteiger partial charge in [0, 0.05) is 23.8 Å². The standard InChI is InChI=1S/C17H25N3/c1-5-17-16(10-18-13(2)3)11-19-20(17)12-15-9-7-6-8-14(15)4/h6-9,11,13,18H,5,10,12H2,1-4H3. The van der Waals surface area contributed by atoms with E-state index in [1.807, 2.05) is 6.20 Å². The highest BCUT2D eigenvalue weighted by atomic mass is 15.3. The van der Waals surface area contributed by atoms with Crippen LogP contribution in [0.5, 0.6) is 0 Å². The third-order valence-corrected chi connectivity index (χ3v) is 3.65. The highest BCUT2D eigenvalue weighted by Crippen LogP contribution is 2.14. The Balaban J connectivity index is 2.18. The Morgan fingerprint density at radius 3 is 2.60 bits per heavy atom. The lowest BCUT2D eigenvalue weighted by atomic mass is 10.1. The summed E-state index contributed by atoms with van der Waals surface area (Å²) in [5.41, 5.74) is 5.32. The van der Waals surface area contributed by atoms with E-state index in [9.17, 15) is 0 Å². The molecule has 0 saturated heterocycles. The minimum atomic E-state index is 0.499. The van der Waals surface area contributed by atoms with Crippen LogP contribution < -0.4 is 5.32 Å². The molecule has 1 N–H and O–H groups in total. The Hall–Kier alpha value is -1.61. The molecular weight excluding hydrogens is 246 g/mol. The van der Waals surface area contributed by atoms with Crippen molar-refractivity contribution in [2.75, 3.05) is 0 Å². The summed E-state index contributed by atoms with van der Waals surface area (Å²) in [6, 6.07) is 9.02. The van der Waals surface area contributed by atoms with Crippen molar-refractivity contribution < 1.29 is 0 Å². The smallest absolute Gasteiger partial charge is 0.0665 e. The van der Waals surface area contributed by atoms with Gasteiger partial charge in [0.1, 0.15) is 0 Å². The van der Waals surface area contributed by atoms with Crippen LogP contribution >= 0.6 is 0 Å². The maximum atomic E-state index is 4.58. The Kier molecular flexibility index (Phi) is 4.96. The predicted octanol–water partition coefficient (Wildman–Crippen LogP) is 3.30. The maximum absolute atomic E-state index is 4.58. The molecule has 0 atom stereocenters. The zero-order valence-electron chi connectivity index (χ0n) is 13.0. The molecule has 0 fully saturated rings. The fourth-order valence-electron chi connectivity index (χ4n) is 2.41. The van der Waals surface area contributed by atoms with Crippen molar-refractivity contribution in [1.82, 2.24) is 15.1 Å². The quantitative estimate of drug-likeness (QED) is 0.873. The summed E-state index contributed by atoms with van der Waals surface area (Å²) in [4.78, 5) is 0. The van der Waals surface area contributed by atoms with Crippen LogP contribution in [0.25, 0.3) is 0 Å². The van der Waals surface area contributed by atoms with E-state index in [1.165, 1.54) is 22.4 Å². The van der Waals surface area contributed by atoms with Gasteiger partial charge < -0.3 is 5.32 Å². The van der Waals surface area contributed by atoms with Crippen molar-refractivity contribution in [3.63, 3.8) is 0 Å². The van der Waals surface area contributed by atoms with Gasteiger partial charge in [-0.1, -0.05) is 45.0 Å². The molecule has 1 aromatic heterocycles. The van der Waals surface area contributed by atoms with Crippen LogP contribution in [0.15, 0.2) is 30.5 Å². The Morgan fingerprint density at radius 2 is 1.95 bits per heavy atom. The summed E-state index contributed by atoms with van der Waals surface area (Å²) in [7, 11) is 0. The number of benzene rings is 1. The highest BCUT2D eigenvalue weighted by molar-refractivity contribution is 5.27. The Bertz CT molecular complexity index is 555. The molecule has 0 aliphatic carbocycles. The van der Waals surface area contributed by atoms with E-state index in [2.05, 4.69) is 67.1 Å². The molecule has 0 unspecified atom stereocenters. The molecule has 0 saturated carbocycles. The number of nitrogens with one attached hydrogen (secondary N) is 1. The van der Waals surface area contributed by atoms with E-state index < -0.39 is 0 Å². The van der Waals surface area contributed by atoms with Gasteiger partial charge in [-0.25, -0.2) is 0 Å². The fourth-order valence-corrected chi connectivity index (χ4v) is 2.41. The molecule has 1 aromatic carbocycles. The Morgan fingerprint density at radius 1 is 1.20 bits per heavy atom. The summed E-state index contributed by atoms with van der Waals surface area (Å²) in [6.45, 7) is 10.5. The summed E-state index contributed by atoms with van der Waals surface area (Å²) < 4.78 is 2.14. The average molecular weight is 271 g/mol. The van der Waals surface area contributed by atoms with Gasteiger partial charge in [-0.2, -0.15) is 5.10 Å². The molecule has 0 aliphatic rings. The molecule has 0 bridgehead atoms. The lowest BCUT2D eigenvalue weighted by Crippen LogP contribution is -2.22. The van der Waals surface area contributed by atoms with Crippen molar-refractivity contribution in [3.8, 4) is 0 Å². The molecule has 3 heteroatoms. The van der Waals surface area contributed by atoms with Gasteiger partial charge in [0.25, 0.3) is 0 Å². The molecule has 0 aliphatic heterocycles. The van der Waals surface area contributed by atoms with Crippen LogP contribution in [0.2, 0.25) is 0 Å². The molecular formula is C17H25N3. The van der Waals surface area contributed by atoms with Crippen molar-refractivity contribution in [3.05, 3.63) is 52.8 Å². The van der Waals surface area contributed by atoms with Gasteiger partial charge in [-0.15, -0.1) is 0 Å². The van der Waals surface area contributed by atoms with Crippen molar-refractivity contribution in [2.45, 2.75) is 53.2 Å². The van der Waals surface area contributed by atoms with Crippen LogP contribution in [0.4, 0.5) is 0 Å². The van der Waals surface area contributed by atoms with E-state index in [0.717, 1.165) is 19.5 Å². The lowest BCUT2D eigenvalue weighted by molar-refractivity contribution is 0.582. The Labute approximate surface area is 122 Å². The molecule has 20 heavy (non-hydrogen) atoms. The molecule has 0 amide bonds. The topological polar surface area (TPSA) is 29.9 Å². The summed E-state index contributed by atoms with van der Waals surface area (Å²) >= 11 is 0. The van der Waals surface area contributed by atoms with Gasteiger partial charge in [-0.05, 0) is 24.5 Å². The first-order valence-corrected chi connectivity index (χ1v) is 7.43. The van der Waals surface area contributed by atoms with Gasteiger partial charge in [0.2, 0.25) is 0 Å². The second kappa shape index (κ2) is 6.71. The van der Waals surface area contributed by atoms with Gasteiger partial charge >= 0.3 is 0 Å². The van der Waals surface area contributed by atoms with Crippen LogP contribution in [-0.2, 0) is 19.5 Å². The number of aryl methyl sites for hydroxylation is 1. The van der Waals surface area contributed by atoms with E-state index in [-0.39, 0.29) is 0 Å². The first-order chi connectivity index (χ1) is 9.61. The number of hydrogen-bond acceptors (Lipinski definition) is 2. The monoisotopic (exact) mass is 271 g/mol. The molecule has 3 nitrogen and oxygen atoms in total. The summed E-state index contributed by atoms with van der Waals surface area (Å²) in [6.07, 6.45) is 3.02. The number of aromatic nitrogens is 2. The third kappa shape index (κ3) is 3.48. The van der Waals surface area contributed by atoms with Gasteiger partial charge in [0.05, 0.1) is 12.7 Å². The minimum Gasteiger partial charge on any atom is -0.310 e. The normalized spacial score (nSPS) is 11.2. The van der Waals surface area contributed by atoms with Crippen LogP contribution in [0, 0.1) is 6.92 Å².